The maximum absolute atomic E-state index is 11.8. The lowest BCUT2D eigenvalue weighted by molar-refractivity contribution is -0.132. The van der Waals surface area contributed by atoms with Crippen molar-refractivity contribution in [3.05, 3.63) is 28.8 Å². The first-order valence-corrected chi connectivity index (χ1v) is 6.78. The number of carbonyl (C=O) groups excluding carboxylic acids is 1. The molecule has 0 saturated carbocycles. The molecule has 1 amide bonds. The molecule has 0 atom stereocenters. The molecule has 6 heteroatoms. The van der Waals surface area contributed by atoms with Gasteiger partial charge in [0.25, 0.3) is 5.91 Å². The highest BCUT2D eigenvalue weighted by atomic mass is 35.5. The molecular weight excluding hydrogens is 284 g/mol. The molecule has 0 aliphatic carbocycles. The number of hydrogen-bond donors (Lipinski definition) is 1. The van der Waals surface area contributed by atoms with E-state index >= 15 is 0 Å². The van der Waals surface area contributed by atoms with Crippen molar-refractivity contribution in [1.82, 2.24) is 4.90 Å². The number of carbonyl (C=O) groups is 1. The highest BCUT2D eigenvalue weighted by Crippen LogP contribution is 2.25. The van der Waals surface area contributed by atoms with Gasteiger partial charge in [-0.1, -0.05) is 23.8 Å². The molecular formula is C13H17ClN2O2S. The van der Waals surface area contributed by atoms with Crippen LogP contribution in [0.5, 0.6) is 5.75 Å². The Hall–Kier alpha value is -1.33. The fraction of sp³-hybridized carbons (Fsp3) is 0.385. The summed E-state index contributed by atoms with van der Waals surface area (Å²) in [4.78, 5) is 13.7. The number of rotatable bonds is 6. The third-order valence-corrected chi connectivity index (χ3v) is 3.21. The van der Waals surface area contributed by atoms with Gasteiger partial charge in [0.2, 0.25) is 0 Å². The number of amides is 1. The summed E-state index contributed by atoms with van der Waals surface area (Å²) in [5.74, 6) is 0.377. The second kappa shape index (κ2) is 7.31. The lowest BCUT2D eigenvalue weighted by Gasteiger charge is -2.19. The summed E-state index contributed by atoms with van der Waals surface area (Å²) >= 11 is 10.9. The first kappa shape index (κ1) is 15.7. The zero-order valence-electron chi connectivity index (χ0n) is 11.0. The average molecular weight is 301 g/mol. The molecule has 4 nitrogen and oxygen atoms in total. The lowest BCUT2D eigenvalue weighted by atomic mass is 10.2. The monoisotopic (exact) mass is 300 g/mol. The zero-order valence-corrected chi connectivity index (χ0v) is 12.6. The summed E-state index contributed by atoms with van der Waals surface area (Å²) in [6, 6.07) is 5.00. The molecule has 0 spiro atoms. The number of likely N-dealkylation sites (N-methyl/N-ethyl adjacent to an activating group) is 1. The van der Waals surface area contributed by atoms with Crippen LogP contribution in [-0.2, 0) is 4.79 Å². The number of benzene rings is 1. The summed E-state index contributed by atoms with van der Waals surface area (Å²) in [6.45, 7) is 5.13. The van der Waals surface area contributed by atoms with Crippen LogP contribution < -0.4 is 10.5 Å². The summed E-state index contributed by atoms with van der Waals surface area (Å²) in [7, 11) is 0. The fourth-order valence-electron chi connectivity index (χ4n) is 1.58. The van der Waals surface area contributed by atoms with Crippen molar-refractivity contribution >= 4 is 34.7 Å². The summed E-state index contributed by atoms with van der Waals surface area (Å²) in [5.41, 5.74) is 6.17. The van der Waals surface area contributed by atoms with Crippen molar-refractivity contribution in [1.29, 1.82) is 0 Å². The number of ether oxygens (including phenoxy) is 1. The molecule has 1 rings (SSSR count). The second-order valence-electron chi connectivity index (χ2n) is 3.86. The Labute approximate surface area is 123 Å². The standard InChI is InChI=1S/C13H17ClN2O2S/c1-3-16(4-2)12(17)8-18-11-6-5-9(13(15)19)7-10(11)14/h5-7H,3-4,8H2,1-2H3,(H2,15,19). The quantitative estimate of drug-likeness (QED) is 0.819. The predicted molar refractivity (Wildman–Crippen MR) is 80.8 cm³/mol. The molecule has 0 bridgehead atoms. The van der Waals surface area contributed by atoms with Gasteiger partial charge in [0.15, 0.2) is 6.61 Å². The molecule has 19 heavy (non-hydrogen) atoms. The number of nitrogens with two attached hydrogens (primary N) is 1. The van der Waals surface area contributed by atoms with Gasteiger partial charge in [0.1, 0.15) is 10.7 Å². The van der Waals surface area contributed by atoms with Crippen LogP contribution in [0, 0.1) is 0 Å². The van der Waals surface area contributed by atoms with Crippen LogP contribution in [0.3, 0.4) is 0 Å². The van der Waals surface area contributed by atoms with E-state index in [1.54, 1.807) is 23.1 Å². The van der Waals surface area contributed by atoms with Crippen LogP contribution in [0.4, 0.5) is 0 Å². The Morgan fingerprint density at radius 2 is 2.05 bits per heavy atom. The maximum atomic E-state index is 11.8. The van der Waals surface area contributed by atoms with E-state index in [1.807, 2.05) is 13.8 Å². The number of halogens is 1. The van der Waals surface area contributed by atoms with Gasteiger partial charge in [-0.2, -0.15) is 0 Å². The fourth-order valence-corrected chi connectivity index (χ4v) is 1.94. The number of thiocarbonyl (C=S) groups is 1. The van der Waals surface area contributed by atoms with E-state index in [0.717, 1.165) is 0 Å². The largest absolute Gasteiger partial charge is 0.482 e. The Morgan fingerprint density at radius 3 is 2.53 bits per heavy atom. The van der Waals surface area contributed by atoms with Crippen LogP contribution in [0.2, 0.25) is 5.02 Å². The van der Waals surface area contributed by atoms with Crippen LogP contribution in [-0.4, -0.2) is 35.5 Å². The smallest absolute Gasteiger partial charge is 0.260 e. The van der Waals surface area contributed by atoms with Crippen LogP contribution in [0.25, 0.3) is 0 Å². The van der Waals surface area contributed by atoms with E-state index in [4.69, 9.17) is 34.3 Å². The first-order chi connectivity index (χ1) is 8.99. The van der Waals surface area contributed by atoms with Gasteiger partial charge < -0.3 is 15.4 Å². The molecule has 0 fully saturated rings. The third kappa shape index (κ3) is 4.36. The predicted octanol–water partition coefficient (Wildman–Crippen LogP) is 2.22. The van der Waals surface area contributed by atoms with Crippen molar-refractivity contribution in [3.63, 3.8) is 0 Å². The van der Waals surface area contributed by atoms with E-state index in [9.17, 15) is 4.79 Å². The minimum absolute atomic E-state index is 0.0339. The molecule has 2 N–H and O–H groups in total. The van der Waals surface area contributed by atoms with Gasteiger partial charge in [-0.15, -0.1) is 0 Å². The molecule has 0 saturated heterocycles. The lowest BCUT2D eigenvalue weighted by Crippen LogP contribution is -2.34. The average Bonchev–Trinajstić information content (AvgIpc) is 2.38. The van der Waals surface area contributed by atoms with Gasteiger partial charge in [-0.3, -0.25) is 4.79 Å². The van der Waals surface area contributed by atoms with E-state index in [-0.39, 0.29) is 17.5 Å². The SMILES string of the molecule is CCN(CC)C(=O)COc1ccc(C(N)=S)cc1Cl. The first-order valence-electron chi connectivity index (χ1n) is 5.99. The van der Waals surface area contributed by atoms with Crippen molar-refractivity contribution in [2.75, 3.05) is 19.7 Å². The topological polar surface area (TPSA) is 55.6 Å². The minimum Gasteiger partial charge on any atom is -0.482 e. The van der Waals surface area contributed by atoms with E-state index in [2.05, 4.69) is 0 Å². The number of nitrogens with zero attached hydrogens (tertiary/aromatic N) is 1. The van der Waals surface area contributed by atoms with Gasteiger partial charge >= 0.3 is 0 Å². The number of hydrogen-bond acceptors (Lipinski definition) is 3. The van der Waals surface area contributed by atoms with Crippen LogP contribution in [0.15, 0.2) is 18.2 Å². The minimum atomic E-state index is -0.0699. The molecule has 0 aromatic heterocycles. The normalized spacial score (nSPS) is 10.1. The third-order valence-electron chi connectivity index (χ3n) is 2.68. The molecule has 0 heterocycles. The second-order valence-corrected chi connectivity index (χ2v) is 4.71. The van der Waals surface area contributed by atoms with Crippen molar-refractivity contribution < 1.29 is 9.53 Å². The Morgan fingerprint density at radius 1 is 1.42 bits per heavy atom. The van der Waals surface area contributed by atoms with Gasteiger partial charge in [-0.25, -0.2) is 0 Å². The highest BCUT2D eigenvalue weighted by molar-refractivity contribution is 7.80. The summed E-state index contributed by atoms with van der Waals surface area (Å²) in [5, 5.41) is 0.387. The summed E-state index contributed by atoms with van der Waals surface area (Å²) < 4.78 is 5.41. The highest BCUT2D eigenvalue weighted by Gasteiger charge is 2.11. The van der Waals surface area contributed by atoms with E-state index in [1.165, 1.54) is 0 Å². The van der Waals surface area contributed by atoms with Gasteiger partial charge in [0.05, 0.1) is 5.02 Å². The molecule has 0 unspecified atom stereocenters. The van der Waals surface area contributed by atoms with Crippen molar-refractivity contribution in [2.45, 2.75) is 13.8 Å². The van der Waals surface area contributed by atoms with E-state index < -0.39 is 0 Å². The molecule has 0 aliphatic rings. The Kier molecular flexibility index (Phi) is 6.05. The molecule has 0 aliphatic heterocycles. The zero-order chi connectivity index (χ0) is 14.4. The summed E-state index contributed by atoms with van der Waals surface area (Å²) in [6.07, 6.45) is 0. The molecule has 1 aromatic rings. The van der Waals surface area contributed by atoms with Crippen LogP contribution in [0.1, 0.15) is 19.4 Å². The molecule has 0 radical (unpaired) electrons. The Balaban J connectivity index is 2.68. The van der Waals surface area contributed by atoms with Crippen LogP contribution >= 0.6 is 23.8 Å². The Bertz CT molecular complexity index is 476. The van der Waals surface area contributed by atoms with Crippen molar-refractivity contribution in [3.8, 4) is 5.75 Å². The van der Waals surface area contributed by atoms with Crippen molar-refractivity contribution in [2.24, 2.45) is 5.73 Å². The molecule has 1 aromatic carbocycles. The molecule has 104 valence electrons. The van der Waals surface area contributed by atoms with Gasteiger partial charge in [0, 0.05) is 18.7 Å². The van der Waals surface area contributed by atoms with Gasteiger partial charge in [-0.05, 0) is 32.0 Å². The van der Waals surface area contributed by atoms with E-state index in [0.29, 0.717) is 29.4 Å². The maximum Gasteiger partial charge on any atom is 0.260 e.